The van der Waals surface area contributed by atoms with E-state index < -0.39 is 15.6 Å². The van der Waals surface area contributed by atoms with Crippen LogP contribution in [0.1, 0.15) is 56.6 Å². The molecule has 7 nitrogen and oxygen atoms in total. The Balaban J connectivity index is 1.53. The average molecular weight is 417 g/mol. The maximum atomic E-state index is 13.4. The molecule has 3 fully saturated rings. The number of alkyl halides is 1. The molecular weight excluding hydrogens is 388 g/mol. The van der Waals surface area contributed by atoms with Crippen LogP contribution in [0, 0.1) is 5.92 Å². The topological polar surface area (TPSA) is 78.5 Å². The van der Waals surface area contributed by atoms with Gasteiger partial charge < -0.3 is 9.64 Å². The third-order valence-electron chi connectivity index (χ3n) is 6.59. The molecule has 4 rings (SSSR count). The van der Waals surface area contributed by atoms with Gasteiger partial charge in [-0.15, -0.1) is 0 Å². The molecule has 0 amide bonds. The van der Waals surface area contributed by atoms with E-state index in [1.165, 1.54) is 26.1 Å². The molecule has 9 heteroatoms. The van der Waals surface area contributed by atoms with Crippen molar-refractivity contribution in [2.45, 2.75) is 74.2 Å². The fourth-order valence-corrected chi connectivity index (χ4v) is 7.31. The molecule has 0 aromatic carbocycles. The Labute approximate surface area is 166 Å². The Kier molecular flexibility index (Phi) is 5.55. The highest BCUT2D eigenvalue weighted by molar-refractivity contribution is 7.89. The summed E-state index contributed by atoms with van der Waals surface area (Å²) in [6, 6.07) is 0.624. The second kappa shape index (κ2) is 7.63. The minimum Gasteiger partial charge on any atom is -0.361 e. The Morgan fingerprint density at radius 1 is 1.19 bits per heavy atom. The van der Waals surface area contributed by atoms with Gasteiger partial charge in [-0.3, -0.25) is 5.10 Å². The summed E-state index contributed by atoms with van der Waals surface area (Å²) in [5, 5.41) is 6.64. The van der Waals surface area contributed by atoms with Crippen LogP contribution in [0.15, 0.2) is 11.2 Å². The number of nitrogens with zero attached hydrogens (tertiary/aromatic N) is 3. The van der Waals surface area contributed by atoms with Crippen LogP contribution in [0.5, 0.6) is 0 Å². The Bertz CT molecular complexity index is 748. The van der Waals surface area contributed by atoms with Gasteiger partial charge >= 0.3 is 0 Å². The summed E-state index contributed by atoms with van der Waals surface area (Å²) < 4.78 is 33.6. The summed E-state index contributed by atoms with van der Waals surface area (Å²) in [7, 11) is -2.22. The first-order chi connectivity index (χ1) is 12.9. The first kappa shape index (κ1) is 19.6. The molecule has 2 bridgehead atoms. The van der Waals surface area contributed by atoms with Gasteiger partial charge in [0.05, 0.1) is 11.8 Å². The molecule has 1 N–H and O–H groups in total. The Morgan fingerprint density at radius 2 is 1.81 bits per heavy atom. The predicted molar refractivity (Wildman–Crippen MR) is 103 cm³/mol. The van der Waals surface area contributed by atoms with Crippen LogP contribution in [0.2, 0.25) is 0 Å². The molecule has 3 saturated heterocycles. The smallest absolute Gasteiger partial charge is 0.260 e. The number of fused-ring (bicyclic) bond motifs is 2. The third-order valence-corrected chi connectivity index (χ3v) is 9.00. The van der Waals surface area contributed by atoms with Crippen LogP contribution in [0.4, 0.5) is 0 Å². The van der Waals surface area contributed by atoms with Crippen molar-refractivity contribution in [1.82, 2.24) is 19.4 Å². The number of halogens is 1. The zero-order valence-electron chi connectivity index (χ0n) is 16.0. The van der Waals surface area contributed by atoms with Gasteiger partial charge in [-0.05, 0) is 57.5 Å². The molecule has 27 heavy (non-hydrogen) atoms. The van der Waals surface area contributed by atoms with Crippen LogP contribution in [-0.4, -0.2) is 66.1 Å². The maximum absolute atomic E-state index is 13.4. The summed E-state index contributed by atoms with van der Waals surface area (Å²) in [6.45, 7) is 4.61. The number of ether oxygens (including phenoxy) is 1. The molecule has 152 valence electrons. The second-order valence-electron chi connectivity index (χ2n) is 8.27. The van der Waals surface area contributed by atoms with E-state index in [9.17, 15) is 8.42 Å². The third kappa shape index (κ3) is 3.55. The van der Waals surface area contributed by atoms with Gasteiger partial charge in [0.15, 0.2) is 10.6 Å². The van der Waals surface area contributed by atoms with Gasteiger partial charge in [-0.1, -0.05) is 18.5 Å². The summed E-state index contributed by atoms with van der Waals surface area (Å²) in [6.07, 6.45) is 7.65. The number of aromatic nitrogens is 2. The lowest BCUT2D eigenvalue weighted by Gasteiger charge is -2.44. The minimum atomic E-state index is -3.67. The molecule has 4 atom stereocenters. The van der Waals surface area contributed by atoms with E-state index in [2.05, 4.69) is 22.0 Å². The molecule has 0 spiro atoms. The quantitative estimate of drug-likeness (QED) is 0.746. The number of H-pyrrole nitrogens is 1. The number of rotatable bonds is 5. The molecule has 3 aliphatic heterocycles. The van der Waals surface area contributed by atoms with E-state index in [1.807, 2.05) is 0 Å². The van der Waals surface area contributed by atoms with Crippen molar-refractivity contribution >= 4 is 21.6 Å². The SMILES string of the molecule is COC(Cl)c1cn[nH]c1S(=O)(=O)N1[C@@H]2CC[C@H]1C[C@H](N1CCC(C)CC1)C2. The van der Waals surface area contributed by atoms with E-state index in [0.29, 0.717) is 11.6 Å². The monoisotopic (exact) mass is 416 g/mol. The van der Waals surface area contributed by atoms with Crippen molar-refractivity contribution in [3.63, 3.8) is 0 Å². The molecule has 1 unspecified atom stereocenters. The fraction of sp³-hybridized carbons (Fsp3) is 0.833. The van der Waals surface area contributed by atoms with Crippen molar-refractivity contribution < 1.29 is 13.2 Å². The molecule has 4 heterocycles. The van der Waals surface area contributed by atoms with Crippen LogP contribution < -0.4 is 0 Å². The van der Waals surface area contributed by atoms with Crippen molar-refractivity contribution in [2.75, 3.05) is 20.2 Å². The predicted octanol–water partition coefficient (Wildman–Crippen LogP) is 2.71. The maximum Gasteiger partial charge on any atom is 0.260 e. The van der Waals surface area contributed by atoms with Crippen molar-refractivity contribution in [1.29, 1.82) is 0 Å². The van der Waals surface area contributed by atoms with E-state index in [4.69, 9.17) is 16.3 Å². The number of hydrogen-bond donors (Lipinski definition) is 1. The van der Waals surface area contributed by atoms with Gasteiger partial charge in [0.2, 0.25) is 0 Å². The fourth-order valence-electron chi connectivity index (χ4n) is 5.07. The highest BCUT2D eigenvalue weighted by atomic mass is 35.5. The summed E-state index contributed by atoms with van der Waals surface area (Å²) in [4.78, 5) is 2.59. The van der Waals surface area contributed by atoms with Crippen LogP contribution in [0.3, 0.4) is 0 Å². The standard InChI is InChI=1S/C18H29ClN4O3S/c1-12-5-7-22(8-6-12)15-9-13-3-4-14(10-15)23(13)27(24,25)18-16(11-20-21-18)17(19)26-2/h11-15,17H,3-10H2,1-2H3,(H,20,21)/t13-,14+,15-,17?. The van der Waals surface area contributed by atoms with Crippen LogP contribution in [0.25, 0.3) is 0 Å². The first-order valence-electron chi connectivity index (χ1n) is 9.89. The van der Waals surface area contributed by atoms with E-state index in [-0.39, 0.29) is 17.1 Å². The number of methoxy groups -OCH3 is 1. The lowest BCUT2D eigenvalue weighted by Crippen LogP contribution is -2.53. The number of aromatic amines is 1. The summed E-state index contributed by atoms with van der Waals surface area (Å²) in [5.41, 5.74) is -0.454. The molecule has 0 aliphatic carbocycles. The van der Waals surface area contributed by atoms with Crippen molar-refractivity contribution in [3.05, 3.63) is 11.8 Å². The lowest BCUT2D eigenvalue weighted by atomic mass is 9.93. The van der Waals surface area contributed by atoms with Gasteiger partial charge in [0.25, 0.3) is 10.0 Å². The molecular formula is C18H29ClN4O3S. The minimum absolute atomic E-state index is 0.0607. The number of nitrogens with one attached hydrogen (secondary N) is 1. The number of likely N-dealkylation sites (tertiary alicyclic amines) is 1. The normalized spacial score (nSPS) is 32.0. The summed E-state index contributed by atoms with van der Waals surface area (Å²) in [5.74, 6) is 0.807. The number of hydrogen-bond acceptors (Lipinski definition) is 5. The zero-order chi connectivity index (χ0) is 19.2. The van der Waals surface area contributed by atoms with Gasteiger partial charge in [0.1, 0.15) is 0 Å². The Morgan fingerprint density at radius 3 is 2.41 bits per heavy atom. The first-order valence-corrected chi connectivity index (χ1v) is 11.8. The molecule has 1 aromatic heterocycles. The second-order valence-corrected chi connectivity index (χ2v) is 10.4. The highest BCUT2D eigenvalue weighted by Crippen LogP contribution is 2.42. The van der Waals surface area contributed by atoms with E-state index in [1.54, 1.807) is 4.31 Å². The van der Waals surface area contributed by atoms with Crippen molar-refractivity contribution in [3.8, 4) is 0 Å². The summed E-state index contributed by atoms with van der Waals surface area (Å²) >= 11 is 6.14. The van der Waals surface area contributed by atoms with Crippen molar-refractivity contribution in [2.24, 2.45) is 5.92 Å². The molecule has 0 radical (unpaired) electrons. The van der Waals surface area contributed by atoms with Gasteiger partial charge in [-0.2, -0.15) is 9.40 Å². The Hall–Kier alpha value is -0.670. The average Bonchev–Trinajstić information content (AvgIpc) is 3.26. The van der Waals surface area contributed by atoms with Crippen LogP contribution >= 0.6 is 11.6 Å². The largest absolute Gasteiger partial charge is 0.361 e. The molecule has 3 aliphatic rings. The molecule has 0 saturated carbocycles. The highest BCUT2D eigenvalue weighted by Gasteiger charge is 2.49. The van der Waals surface area contributed by atoms with Gasteiger partial charge in [-0.25, -0.2) is 8.42 Å². The van der Waals surface area contributed by atoms with Gasteiger partial charge in [0, 0.05) is 25.2 Å². The number of sulfonamides is 1. The van der Waals surface area contributed by atoms with E-state index >= 15 is 0 Å². The van der Waals surface area contributed by atoms with Crippen LogP contribution in [-0.2, 0) is 14.8 Å². The van der Waals surface area contributed by atoms with E-state index in [0.717, 1.165) is 44.7 Å². The number of piperidine rings is 2. The lowest BCUT2D eigenvalue weighted by molar-refractivity contribution is 0.0757. The zero-order valence-corrected chi connectivity index (χ0v) is 17.5. The molecule has 1 aromatic rings.